The Labute approximate surface area is 187 Å². The van der Waals surface area contributed by atoms with Crippen LogP contribution in [-0.2, 0) is 11.3 Å². The van der Waals surface area contributed by atoms with E-state index in [1.807, 2.05) is 29.7 Å². The van der Waals surface area contributed by atoms with Crippen molar-refractivity contribution in [3.63, 3.8) is 0 Å². The fraction of sp³-hybridized carbons (Fsp3) is 0.211. The number of hydrogen-bond acceptors (Lipinski definition) is 5. The standard InChI is InChI=1S/C19H17Cl3N4O2S/c1-2-29-19-25-24-17(26(19)14-5-3-4-12(20)8-14)10-23-18(27)11-28-16-7-6-13(21)9-15(16)22/h3-9H,2,10-11H2,1H3,(H,23,27). The SMILES string of the molecule is CCSc1nnc(CNC(=O)COc2ccc(Cl)cc2Cl)n1-c1cccc(Cl)c1. The number of nitrogens with one attached hydrogen (secondary N) is 1. The lowest BCUT2D eigenvalue weighted by molar-refractivity contribution is -0.123. The summed E-state index contributed by atoms with van der Waals surface area (Å²) in [4.78, 5) is 12.2. The quantitative estimate of drug-likeness (QED) is 0.466. The van der Waals surface area contributed by atoms with Crippen molar-refractivity contribution in [2.75, 3.05) is 12.4 Å². The van der Waals surface area contributed by atoms with Crippen molar-refractivity contribution in [2.45, 2.75) is 18.6 Å². The second-order valence-corrected chi connectivity index (χ2v) is 8.30. The van der Waals surface area contributed by atoms with Gasteiger partial charge in [0.2, 0.25) is 0 Å². The number of hydrogen-bond donors (Lipinski definition) is 1. The zero-order valence-electron chi connectivity index (χ0n) is 15.4. The second-order valence-electron chi connectivity index (χ2n) is 5.79. The van der Waals surface area contributed by atoms with Gasteiger partial charge >= 0.3 is 0 Å². The Kier molecular flexibility index (Phi) is 7.66. The minimum absolute atomic E-state index is 0.181. The lowest BCUT2D eigenvalue weighted by Crippen LogP contribution is -2.29. The maximum Gasteiger partial charge on any atom is 0.258 e. The molecule has 1 aromatic heterocycles. The Morgan fingerprint density at radius 2 is 1.93 bits per heavy atom. The minimum Gasteiger partial charge on any atom is -0.482 e. The lowest BCUT2D eigenvalue weighted by atomic mass is 10.3. The summed E-state index contributed by atoms with van der Waals surface area (Å²) in [7, 11) is 0. The lowest BCUT2D eigenvalue weighted by Gasteiger charge is -2.11. The summed E-state index contributed by atoms with van der Waals surface area (Å²) in [6.07, 6.45) is 0. The minimum atomic E-state index is -0.318. The van der Waals surface area contributed by atoms with Gasteiger partial charge in [-0.05, 0) is 42.2 Å². The molecule has 0 radical (unpaired) electrons. The smallest absolute Gasteiger partial charge is 0.258 e. The number of benzene rings is 2. The van der Waals surface area contributed by atoms with Crippen molar-refractivity contribution < 1.29 is 9.53 Å². The summed E-state index contributed by atoms with van der Waals surface area (Å²) in [5.41, 5.74) is 0.826. The highest BCUT2D eigenvalue weighted by atomic mass is 35.5. The Hall–Kier alpha value is -1.93. The van der Waals surface area contributed by atoms with E-state index in [0.29, 0.717) is 26.6 Å². The van der Waals surface area contributed by atoms with E-state index in [4.69, 9.17) is 39.5 Å². The number of thioether (sulfide) groups is 1. The van der Waals surface area contributed by atoms with Crippen LogP contribution in [0.4, 0.5) is 0 Å². The first-order chi connectivity index (χ1) is 14.0. The third kappa shape index (κ3) is 5.79. The second kappa shape index (κ2) is 10.2. The van der Waals surface area contributed by atoms with Gasteiger partial charge in [-0.25, -0.2) is 0 Å². The van der Waals surface area contributed by atoms with Crippen LogP contribution in [-0.4, -0.2) is 33.0 Å². The number of ether oxygens (including phenoxy) is 1. The molecule has 0 unspecified atom stereocenters. The van der Waals surface area contributed by atoms with E-state index in [0.717, 1.165) is 16.6 Å². The molecule has 0 aliphatic rings. The van der Waals surface area contributed by atoms with Gasteiger partial charge in [0.15, 0.2) is 17.6 Å². The van der Waals surface area contributed by atoms with E-state index >= 15 is 0 Å². The summed E-state index contributed by atoms with van der Waals surface area (Å²) < 4.78 is 7.32. The van der Waals surface area contributed by atoms with Gasteiger partial charge in [-0.3, -0.25) is 9.36 Å². The number of halogens is 3. The van der Waals surface area contributed by atoms with Gasteiger partial charge in [-0.2, -0.15) is 0 Å². The van der Waals surface area contributed by atoms with Crippen molar-refractivity contribution in [3.05, 3.63) is 63.4 Å². The Bertz CT molecular complexity index is 1010. The number of aromatic nitrogens is 3. The molecule has 10 heteroatoms. The monoisotopic (exact) mass is 470 g/mol. The summed E-state index contributed by atoms with van der Waals surface area (Å²) in [5.74, 6) is 1.48. The largest absolute Gasteiger partial charge is 0.482 e. The number of nitrogens with zero attached hydrogens (tertiary/aromatic N) is 3. The summed E-state index contributed by atoms with van der Waals surface area (Å²) in [5, 5.41) is 13.4. The van der Waals surface area contributed by atoms with Crippen molar-refractivity contribution in [1.82, 2.24) is 20.1 Å². The molecule has 1 amide bonds. The molecule has 3 aromatic rings. The molecular formula is C19H17Cl3N4O2S. The molecular weight excluding hydrogens is 455 g/mol. The van der Waals surface area contributed by atoms with Crippen LogP contribution in [0.2, 0.25) is 15.1 Å². The molecule has 2 aromatic carbocycles. The molecule has 0 bridgehead atoms. The summed E-state index contributed by atoms with van der Waals surface area (Å²) in [6.45, 7) is 2.02. The molecule has 0 atom stereocenters. The highest BCUT2D eigenvalue weighted by Gasteiger charge is 2.15. The van der Waals surface area contributed by atoms with Gasteiger partial charge in [-0.1, -0.05) is 59.6 Å². The van der Waals surface area contributed by atoms with Gasteiger partial charge in [0.25, 0.3) is 5.91 Å². The van der Waals surface area contributed by atoms with Crippen LogP contribution in [0.1, 0.15) is 12.7 Å². The molecule has 0 spiro atoms. The van der Waals surface area contributed by atoms with Gasteiger partial charge in [-0.15, -0.1) is 10.2 Å². The van der Waals surface area contributed by atoms with Crippen LogP contribution in [0.25, 0.3) is 5.69 Å². The molecule has 3 rings (SSSR count). The molecule has 29 heavy (non-hydrogen) atoms. The van der Waals surface area contributed by atoms with Crippen LogP contribution in [0.15, 0.2) is 47.6 Å². The Morgan fingerprint density at radius 1 is 1.14 bits per heavy atom. The average Bonchev–Trinajstić information content (AvgIpc) is 3.08. The zero-order chi connectivity index (χ0) is 20.8. The highest BCUT2D eigenvalue weighted by Crippen LogP contribution is 2.27. The van der Waals surface area contributed by atoms with Gasteiger partial charge < -0.3 is 10.1 Å². The summed E-state index contributed by atoms with van der Waals surface area (Å²) in [6, 6.07) is 12.2. The van der Waals surface area contributed by atoms with E-state index in [-0.39, 0.29) is 19.1 Å². The third-order valence-electron chi connectivity index (χ3n) is 3.74. The van der Waals surface area contributed by atoms with Crippen molar-refractivity contribution in [1.29, 1.82) is 0 Å². The van der Waals surface area contributed by atoms with Gasteiger partial charge in [0.1, 0.15) is 5.75 Å². The summed E-state index contributed by atoms with van der Waals surface area (Å²) >= 11 is 19.6. The molecule has 152 valence electrons. The first-order valence-corrected chi connectivity index (χ1v) is 10.8. The van der Waals surface area contributed by atoms with Gasteiger partial charge in [0.05, 0.1) is 17.3 Å². The topological polar surface area (TPSA) is 69.0 Å². The van der Waals surface area contributed by atoms with Crippen molar-refractivity contribution in [2.24, 2.45) is 0 Å². The molecule has 0 fully saturated rings. The maximum atomic E-state index is 12.2. The fourth-order valence-corrected chi connectivity index (χ4v) is 3.82. The van der Waals surface area contributed by atoms with E-state index in [1.54, 1.807) is 36.0 Å². The van der Waals surface area contributed by atoms with Gasteiger partial charge in [0, 0.05) is 10.0 Å². The molecule has 0 saturated heterocycles. The van der Waals surface area contributed by atoms with E-state index in [9.17, 15) is 4.79 Å². The number of carbonyl (C=O) groups excluding carboxylic acids is 1. The molecule has 1 N–H and O–H groups in total. The van der Waals surface area contributed by atoms with Crippen molar-refractivity contribution >= 4 is 52.5 Å². The first kappa shape index (κ1) is 21.8. The first-order valence-electron chi connectivity index (χ1n) is 8.65. The van der Waals surface area contributed by atoms with Crippen molar-refractivity contribution in [3.8, 4) is 11.4 Å². The predicted octanol–water partition coefficient (Wildman–Crippen LogP) is 5.03. The fourth-order valence-electron chi connectivity index (χ4n) is 2.48. The molecule has 6 nitrogen and oxygen atoms in total. The molecule has 0 aliphatic carbocycles. The van der Waals surface area contributed by atoms with Crippen LogP contribution in [0.3, 0.4) is 0 Å². The van der Waals surface area contributed by atoms with Crippen LogP contribution in [0, 0.1) is 0 Å². The number of amides is 1. The normalized spacial score (nSPS) is 10.8. The van der Waals surface area contributed by atoms with Crippen LogP contribution < -0.4 is 10.1 Å². The third-order valence-corrected chi connectivity index (χ3v) is 5.31. The van der Waals surface area contributed by atoms with E-state index in [1.165, 1.54) is 0 Å². The van der Waals surface area contributed by atoms with Crippen LogP contribution >= 0.6 is 46.6 Å². The number of carbonyl (C=O) groups is 1. The molecule has 0 saturated carbocycles. The predicted molar refractivity (Wildman–Crippen MR) is 117 cm³/mol. The molecule has 0 aliphatic heterocycles. The Balaban J connectivity index is 1.67. The zero-order valence-corrected chi connectivity index (χ0v) is 18.4. The maximum absolute atomic E-state index is 12.2. The number of rotatable bonds is 8. The van der Waals surface area contributed by atoms with E-state index in [2.05, 4.69) is 15.5 Å². The average molecular weight is 472 g/mol. The molecule has 1 heterocycles. The van der Waals surface area contributed by atoms with Crippen LogP contribution in [0.5, 0.6) is 5.75 Å². The van der Waals surface area contributed by atoms with E-state index < -0.39 is 0 Å². The Morgan fingerprint density at radius 3 is 2.66 bits per heavy atom. The highest BCUT2D eigenvalue weighted by molar-refractivity contribution is 7.99.